The highest BCUT2D eigenvalue weighted by molar-refractivity contribution is 5.76. The van der Waals surface area contributed by atoms with Crippen molar-refractivity contribution in [3.05, 3.63) is 0 Å². The number of hydrogen-bond donors (Lipinski definition) is 3. The highest BCUT2D eigenvalue weighted by Crippen LogP contribution is 2.09. The molecule has 1 amide bonds. The summed E-state index contributed by atoms with van der Waals surface area (Å²) in [6.45, 7) is 4.88. The first kappa shape index (κ1) is 13.4. The largest absolute Gasteiger partial charge is 0.392 e. The zero-order valence-corrected chi connectivity index (χ0v) is 9.85. The molecule has 2 fully saturated rings. The molecule has 5 heteroatoms. The average molecular weight is 230 g/mol. The van der Waals surface area contributed by atoms with Crippen molar-refractivity contribution >= 4 is 5.91 Å². The number of aliphatic hydroxyl groups is 2. The van der Waals surface area contributed by atoms with Gasteiger partial charge in [0.15, 0.2) is 0 Å². The lowest BCUT2D eigenvalue weighted by atomic mass is 10.3. The van der Waals surface area contributed by atoms with Gasteiger partial charge in [-0.2, -0.15) is 0 Å². The summed E-state index contributed by atoms with van der Waals surface area (Å²) in [5.41, 5.74) is 0. The minimum absolute atomic E-state index is 0.0648. The molecule has 2 heterocycles. The number of β-amino-alcohol motifs (C(OH)–C–C–N with tert-alkyl or cyclic N) is 2. The smallest absolute Gasteiger partial charge is 0.222 e. The third-order valence-electron chi connectivity index (χ3n) is 2.85. The predicted octanol–water partition coefficient (Wildman–Crippen LogP) is -0.670. The Bertz CT molecular complexity index is 217. The monoisotopic (exact) mass is 230 g/mol. The van der Waals surface area contributed by atoms with Crippen LogP contribution in [-0.4, -0.2) is 59.4 Å². The highest BCUT2D eigenvalue weighted by atomic mass is 16.3. The quantitative estimate of drug-likeness (QED) is 0.558. The van der Waals surface area contributed by atoms with Gasteiger partial charge in [-0.15, -0.1) is 0 Å². The van der Waals surface area contributed by atoms with Crippen LogP contribution in [0.3, 0.4) is 0 Å². The van der Waals surface area contributed by atoms with Crippen molar-refractivity contribution in [3.8, 4) is 0 Å². The van der Waals surface area contributed by atoms with Gasteiger partial charge in [-0.1, -0.05) is 6.92 Å². The van der Waals surface area contributed by atoms with Gasteiger partial charge in [-0.3, -0.25) is 4.79 Å². The Hall–Kier alpha value is -0.650. The number of amides is 1. The molecule has 2 aliphatic heterocycles. The van der Waals surface area contributed by atoms with Gasteiger partial charge < -0.3 is 20.4 Å². The van der Waals surface area contributed by atoms with E-state index >= 15 is 0 Å². The summed E-state index contributed by atoms with van der Waals surface area (Å²) in [6, 6.07) is 0. The fourth-order valence-corrected chi connectivity index (χ4v) is 1.83. The molecular formula is C11H22N2O3. The van der Waals surface area contributed by atoms with E-state index < -0.39 is 0 Å². The Kier molecular flexibility index (Phi) is 5.73. The molecule has 5 nitrogen and oxygen atoms in total. The van der Waals surface area contributed by atoms with Crippen molar-refractivity contribution in [2.24, 2.45) is 0 Å². The fourth-order valence-electron chi connectivity index (χ4n) is 1.83. The molecule has 2 rings (SSSR count). The van der Waals surface area contributed by atoms with Crippen LogP contribution in [0.15, 0.2) is 0 Å². The molecule has 16 heavy (non-hydrogen) atoms. The van der Waals surface area contributed by atoms with Crippen molar-refractivity contribution in [1.29, 1.82) is 0 Å². The molecule has 0 aromatic heterocycles. The summed E-state index contributed by atoms with van der Waals surface area (Å²) in [6.07, 6.45) is 1.87. The molecule has 0 bridgehead atoms. The summed E-state index contributed by atoms with van der Waals surface area (Å²) in [5, 5.41) is 20.7. The first-order chi connectivity index (χ1) is 7.63. The van der Waals surface area contributed by atoms with E-state index in [1.54, 1.807) is 4.90 Å². The van der Waals surface area contributed by atoms with Crippen LogP contribution in [0.25, 0.3) is 0 Å². The van der Waals surface area contributed by atoms with Gasteiger partial charge in [-0.25, -0.2) is 0 Å². The zero-order valence-electron chi connectivity index (χ0n) is 9.85. The average Bonchev–Trinajstić information content (AvgIpc) is 2.89. The minimum Gasteiger partial charge on any atom is -0.392 e. The Morgan fingerprint density at radius 2 is 2.12 bits per heavy atom. The van der Waals surface area contributed by atoms with E-state index in [-0.39, 0.29) is 18.1 Å². The van der Waals surface area contributed by atoms with E-state index in [0.717, 1.165) is 32.5 Å². The van der Waals surface area contributed by atoms with E-state index in [0.29, 0.717) is 13.0 Å². The second-order valence-electron chi connectivity index (χ2n) is 4.28. The minimum atomic E-state index is -0.282. The predicted molar refractivity (Wildman–Crippen MR) is 61.0 cm³/mol. The molecule has 0 unspecified atom stereocenters. The van der Waals surface area contributed by atoms with Crippen molar-refractivity contribution in [2.75, 3.05) is 26.2 Å². The van der Waals surface area contributed by atoms with Gasteiger partial charge in [-0.05, 0) is 19.4 Å². The van der Waals surface area contributed by atoms with Crippen LogP contribution in [0.2, 0.25) is 0 Å². The molecule has 94 valence electrons. The Labute approximate surface area is 96.4 Å². The van der Waals surface area contributed by atoms with Crippen molar-refractivity contribution < 1.29 is 15.0 Å². The summed E-state index contributed by atoms with van der Waals surface area (Å²) >= 11 is 0. The van der Waals surface area contributed by atoms with Gasteiger partial charge in [0.05, 0.1) is 12.2 Å². The van der Waals surface area contributed by atoms with Crippen LogP contribution >= 0.6 is 0 Å². The molecule has 2 atom stereocenters. The highest BCUT2D eigenvalue weighted by Gasteiger charge is 2.22. The number of rotatable bonds is 1. The Morgan fingerprint density at radius 3 is 2.44 bits per heavy atom. The van der Waals surface area contributed by atoms with Crippen molar-refractivity contribution in [3.63, 3.8) is 0 Å². The molecule has 2 saturated heterocycles. The summed E-state index contributed by atoms with van der Waals surface area (Å²) in [5.74, 6) is 0.150. The van der Waals surface area contributed by atoms with E-state index in [1.807, 2.05) is 6.92 Å². The maximum absolute atomic E-state index is 11.0. The van der Waals surface area contributed by atoms with E-state index in [4.69, 9.17) is 10.2 Å². The fraction of sp³-hybridized carbons (Fsp3) is 0.909. The molecule has 0 aromatic rings. The first-order valence-corrected chi connectivity index (χ1v) is 5.98. The van der Waals surface area contributed by atoms with Crippen LogP contribution in [0, 0.1) is 0 Å². The SMILES string of the molecule is CCC(=O)N1CC[C@H](O)C1.O[C@H]1CCNC1. The molecule has 0 aromatic carbocycles. The van der Waals surface area contributed by atoms with Crippen LogP contribution < -0.4 is 5.32 Å². The van der Waals surface area contributed by atoms with Crippen molar-refractivity contribution in [2.45, 2.75) is 38.4 Å². The van der Waals surface area contributed by atoms with Gasteiger partial charge in [0, 0.05) is 26.1 Å². The number of aliphatic hydroxyl groups excluding tert-OH is 2. The normalized spacial score (nSPS) is 28.8. The standard InChI is InChI=1S/C7H13NO2.C4H9NO/c1-2-7(10)8-4-3-6(9)5-8;6-4-1-2-5-3-4/h6,9H,2-5H2,1H3;4-6H,1-3H2/t6-;4-/m00/s1. The maximum Gasteiger partial charge on any atom is 0.222 e. The van der Waals surface area contributed by atoms with E-state index in [9.17, 15) is 4.79 Å². The Morgan fingerprint density at radius 1 is 1.38 bits per heavy atom. The van der Waals surface area contributed by atoms with Crippen LogP contribution in [0.5, 0.6) is 0 Å². The van der Waals surface area contributed by atoms with Crippen LogP contribution in [-0.2, 0) is 4.79 Å². The molecule has 0 saturated carbocycles. The number of carbonyl (C=O) groups excluding carboxylic acids is 1. The first-order valence-electron chi connectivity index (χ1n) is 5.98. The number of likely N-dealkylation sites (tertiary alicyclic amines) is 1. The second kappa shape index (κ2) is 6.83. The lowest BCUT2D eigenvalue weighted by Crippen LogP contribution is -2.28. The molecular weight excluding hydrogens is 208 g/mol. The molecule has 2 aliphatic rings. The zero-order chi connectivity index (χ0) is 12.0. The van der Waals surface area contributed by atoms with Gasteiger partial charge >= 0.3 is 0 Å². The van der Waals surface area contributed by atoms with E-state index in [2.05, 4.69) is 5.32 Å². The van der Waals surface area contributed by atoms with Gasteiger partial charge in [0.25, 0.3) is 0 Å². The topological polar surface area (TPSA) is 72.8 Å². The van der Waals surface area contributed by atoms with Crippen molar-refractivity contribution in [1.82, 2.24) is 10.2 Å². The molecule has 0 spiro atoms. The summed E-state index contributed by atoms with van der Waals surface area (Å²) < 4.78 is 0. The molecule has 0 radical (unpaired) electrons. The lowest BCUT2D eigenvalue weighted by molar-refractivity contribution is -0.130. The summed E-state index contributed by atoms with van der Waals surface area (Å²) in [4.78, 5) is 12.7. The second-order valence-corrected chi connectivity index (χ2v) is 4.28. The maximum atomic E-state index is 11.0. The molecule has 0 aliphatic carbocycles. The molecule has 3 N–H and O–H groups in total. The number of nitrogens with one attached hydrogen (secondary N) is 1. The van der Waals surface area contributed by atoms with Crippen LogP contribution in [0.1, 0.15) is 26.2 Å². The third-order valence-corrected chi connectivity index (χ3v) is 2.85. The lowest BCUT2D eigenvalue weighted by Gasteiger charge is -2.13. The Balaban J connectivity index is 0.000000181. The number of carbonyl (C=O) groups is 1. The van der Waals surface area contributed by atoms with Gasteiger partial charge in [0.2, 0.25) is 5.91 Å². The third kappa shape index (κ3) is 4.47. The van der Waals surface area contributed by atoms with Gasteiger partial charge in [0.1, 0.15) is 0 Å². The number of hydrogen-bond acceptors (Lipinski definition) is 4. The summed E-state index contributed by atoms with van der Waals surface area (Å²) in [7, 11) is 0. The van der Waals surface area contributed by atoms with Crippen LogP contribution in [0.4, 0.5) is 0 Å². The number of nitrogens with zero attached hydrogens (tertiary/aromatic N) is 1. The van der Waals surface area contributed by atoms with E-state index in [1.165, 1.54) is 0 Å².